The molecule has 0 amide bonds. The second-order valence-corrected chi connectivity index (χ2v) is 14.6. The Hall–Kier alpha value is -6.32. The van der Waals surface area contributed by atoms with E-state index in [1.54, 1.807) is 67.1 Å². The lowest BCUT2D eigenvalue weighted by atomic mass is 10.1. The number of hydrogen-bond donors (Lipinski definition) is 2. The zero-order valence-electron chi connectivity index (χ0n) is 29.2. The number of anilines is 1. The number of nitrogen functional groups attached to an aromatic ring is 1. The Morgan fingerprint density at radius 3 is 1.60 bits per heavy atom. The summed E-state index contributed by atoms with van der Waals surface area (Å²) in [5, 5.41) is 12.0. The van der Waals surface area contributed by atoms with Crippen molar-refractivity contribution in [3.8, 4) is 34.0 Å². The van der Waals surface area contributed by atoms with Gasteiger partial charge in [-0.15, -0.1) is 0 Å². The number of aromatic nitrogens is 4. The fourth-order valence-electron chi connectivity index (χ4n) is 5.30. The van der Waals surface area contributed by atoms with Crippen LogP contribution in [0, 0.1) is 0 Å². The molecule has 0 saturated carbocycles. The highest BCUT2D eigenvalue weighted by atomic mass is 35.5. The van der Waals surface area contributed by atoms with Crippen molar-refractivity contribution in [3.63, 3.8) is 0 Å². The maximum atomic E-state index is 12.1. The predicted octanol–water partition coefficient (Wildman–Crippen LogP) is 11.1. The first-order valence-electron chi connectivity index (χ1n) is 16.6. The lowest BCUT2D eigenvalue weighted by Gasteiger charge is -2.15. The Kier molecular flexibility index (Phi) is 12.3. The molecule has 4 aromatic heterocycles. The van der Waals surface area contributed by atoms with Crippen LogP contribution in [0.2, 0.25) is 10.0 Å². The number of pyridine rings is 4. The molecule has 13 heteroatoms. The number of aromatic carboxylic acids is 1. The average Bonchev–Trinajstić information content (AvgIpc) is 3.18. The van der Waals surface area contributed by atoms with Crippen molar-refractivity contribution in [2.75, 3.05) is 12.4 Å². The molecule has 0 aliphatic heterocycles. The monoisotopic (exact) mass is 787 g/mol. The van der Waals surface area contributed by atoms with Crippen molar-refractivity contribution in [1.29, 1.82) is 0 Å². The highest BCUT2D eigenvalue weighted by molar-refractivity contribution is 7.53. The van der Waals surface area contributed by atoms with Crippen molar-refractivity contribution in [3.05, 3.63) is 174 Å². The van der Waals surface area contributed by atoms with Crippen LogP contribution in [0.25, 0.3) is 44.3 Å². The molecule has 0 spiro atoms. The Morgan fingerprint density at radius 1 is 0.636 bits per heavy atom. The Bertz CT molecular complexity index is 2590. The lowest BCUT2D eigenvalue weighted by Crippen LogP contribution is -2.00. The van der Waals surface area contributed by atoms with Crippen LogP contribution < -0.4 is 14.8 Å². The van der Waals surface area contributed by atoms with Crippen molar-refractivity contribution in [2.45, 2.75) is 0 Å². The van der Waals surface area contributed by atoms with E-state index in [-0.39, 0.29) is 5.56 Å². The normalized spacial score (nSPS) is 10.7. The number of nitrogens with zero attached hydrogens (tertiary/aromatic N) is 4. The molecule has 0 fully saturated rings. The van der Waals surface area contributed by atoms with E-state index in [2.05, 4.69) is 19.9 Å². The van der Waals surface area contributed by atoms with Gasteiger partial charge in [-0.3, -0.25) is 9.97 Å². The quantitative estimate of drug-likeness (QED) is 0.149. The summed E-state index contributed by atoms with van der Waals surface area (Å²) in [6.45, 7) is 1.45. The van der Waals surface area contributed by atoms with E-state index < -0.39 is 13.6 Å². The number of fused-ring (bicyclic) bond motifs is 2. The summed E-state index contributed by atoms with van der Waals surface area (Å²) in [5.74, 6) is 0.0669. The predicted molar refractivity (Wildman–Crippen MR) is 219 cm³/mol. The highest BCUT2D eigenvalue weighted by Crippen LogP contribution is 2.44. The van der Waals surface area contributed by atoms with Gasteiger partial charge in [0.15, 0.2) is 0 Å². The van der Waals surface area contributed by atoms with Gasteiger partial charge in [-0.2, -0.15) is 0 Å². The van der Waals surface area contributed by atoms with Gasteiger partial charge in [-0.25, -0.2) is 19.3 Å². The van der Waals surface area contributed by atoms with Crippen LogP contribution in [0.4, 0.5) is 5.69 Å². The summed E-state index contributed by atoms with van der Waals surface area (Å²) in [6, 6.07) is 39.6. The first kappa shape index (κ1) is 38.4. The van der Waals surface area contributed by atoms with Crippen LogP contribution >= 0.6 is 30.8 Å². The van der Waals surface area contributed by atoms with E-state index in [1.807, 2.05) is 78.9 Å². The fraction of sp³-hybridized carbons (Fsp3) is 0.0238. The number of halogens is 2. The standard InChI is InChI=1S/C15H9ClN2O2.C14H10ClN3.C13H13O3P/c16-10-3-1-2-9(6-10)14-7-11(15(19)20)12-8-17-5-4-13(12)18-14;15-10-3-1-2-9(6-10)14-7-12(16)11-8-17-5-4-13(11)18-14;1-17(14,15-12-8-4-2-5-9-12)16-13-10-6-3-7-11-13/h1-8H,(H,19,20);1-8H,(H2,16,18);2-11H,1H3. The molecule has 0 saturated heterocycles. The van der Waals surface area contributed by atoms with Crippen molar-refractivity contribution < 1.29 is 23.5 Å². The van der Waals surface area contributed by atoms with Crippen molar-refractivity contribution in [1.82, 2.24) is 19.9 Å². The molecule has 4 aromatic carbocycles. The summed E-state index contributed by atoms with van der Waals surface area (Å²) in [6.07, 6.45) is 6.52. The smallest absolute Gasteiger partial charge is 0.427 e. The van der Waals surface area contributed by atoms with Gasteiger partial charge < -0.3 is 19.9 Å². The molecule has 274 valence electrons. The van der Waals surface area contributed by atoms with Gasteiger partial charge >= 0.3 is 13.6 Å². The number of benzene rings is 4. The van der Waals surface area contributed by atoms with E-state index >= 15 is 0 Å². The summed E-state index contributed by atoms with van der Waals surface area (Å²) < 4.78 is 22.8. The minimum Gasteiger partial charge on any atom is -0.478 e. The second-order valence-electron chi connectivity index (χ2n) is 11.8. The van der Waals surface area contributed by atoms with Gasteiger partial charge in [0.2, 0.25) is 0 Å². The van der Waals surface area contributed by atoms with Crippen LogP contribution in [0.5, 0.6) is 11.5 Å². The third-order valence-corrected chi connectivity index (χ3v) is 9.31. The first-order chi connectivity index (χ1) is 26.5. The molecule has 0 bridgehead atoms. The third kappa shape index (κ3) is 10.4. The van der Waals surface area contributed by atoms with Crippen LogP contribution in [0.15, 0.2) is 158 Å². The third-order valence-electron chi connectivity index (χ3n) is 7.75. The highest BCUT2D eigenvalue weighted by Gasteiger charge is 2.20. The summed E-state index contributed by atoms with van der Waals surface area (Å²) in [4.78, 5) is 28.4. The first-order valence-corrected chi connectivity index (χ1v) is 19.4. The molecule has 0 aliphatic rings. The molecule has 8 rings (SSSR count). The van der Waals surface area contributed by atoms with Gasteiger partial charge in [0.25, 0.3) is 0 Å². The van der Waals surface area contributed by atoms with Gasteiger partial charge in [-0.1, -0.05) is 83.9 Å². The maximum absolute atomic E-state index is 12.1. The molecule has 3 N–H and O–H groups in total. The van der Waals surface area contributed by atoms with E-state index in [0.717, 1.165) is 27.7 Å². The van der Waals surface area contributed by atoms with Gasteiger partial charge in [-0.05, 0) is 72.8 Å². The number of para-hydroxylation sites is 2. The largest absolute Gasteiger partial charge is 0.478 e. The van der Waals surface area contributed by atoms with Crippen LogP contribution in [-0.4, -0.2) is 37.7 Å². The van der Waals surface area contributed by atoms with Crippen LogP contribution in [-0.2, 0) is 4.57 Å². The SMILES string of the molecule is CP(=O)(Oc1ccccc1)Oc1ccccc1.Nc1cc(-c2cccc(Cl)c2)nc2ccncc12.O=C(O)c1cc(-c2cccc(Cl)c2)nc2ccncc12. The minimum absolute atomic E-state index is 0.179. The van der Waals surface area contributed by atoms with Crippen LogP contribution in [0.3, 0.4) is 0 Å². The molecule has 55 heavy (non-hydrogen) atoms. The van der Waals surface area contributed by atoms with Crippen molar-refractivity contribution in [2.24, 2.45) is 0 Å². The molecule has 8 aromatic rings. The number of carboxylic acids is 1. The van der Waals surface area contributed by atoms with Crippen LogP contribution in [0.1, 0.15) is 10.4 Å². The van der Waals surface area contributed by atoms with E-state index in [0.29, 0.717) is 43.8 Å². The Labute approximate surface area is 326 Å². The summed E-state index contributed by atoms with van der Waals surface area (Å²) >= 11 is 11.9. The molecule has 0 aliphatic carbocycles. The number of carbonyl (C=O) groups is 1. The van der Waals surface area contributed by atoms with E-state index in [1.165, 1.54) is 18.9 Å². The van der Waals surface area contributed by atoms with Gasteiger partial charge in [0, 0.05) is 62.4 Å². The maximum Gasteiger partial charge on any atom is 0.427 e. The van der Waals surface area contributed by atoms with E-state index in [4.69, 9.17) is 38.0 Å². The Balaban J connectivity index is 0.000000141. The molecular weight excluding hydrogens is 756 g/mol. The zero-order valence-corrected chi connectivity index (χ0v) is 31.6. The zero-order chi connectivity index (χ0) is 38.8. The van der Waals surface area contributed by atoms with Gasteiger partial charge in [0.1, 0.15) is 11.5 Å². The molecule has 4 heterocycles. The molecule has 0 atom stereocenters. The lowest BCUT2D eigenvalue weighted by molar-refractivity contribution is 0.0699. The Morgan fingerprint density at radius 2 is 1.11 bits per heavy atom. The average molecular weight is 789 g/mol. The number of nitrogens with two attached hydrogens (primary N) is 1. The number of carboxylic acid groups (broad SMARTS) is 1. The van der Waals surface area contributed by atoms with Crippen molar-refractivity contribution >= 4 is 64.3 Å². The molecular formula is C42H32Cl2N5O5P. The summed E-state index contributed by atoms with van der Waals surface area (Å²) in [5.41, 5.74) is 11.4. The minimum atomic E-state index is -3.14. The molecule has 0 radical (unpaired) electrons. The molecule has 10 nitrogen and oxygen atoms in total. The topological polar surface area (TPSA) is 150 Å². The molecule has 0 unspecified atom stereocenters. The second kappa shape index (κ2) is 17.7. The fourth-order valence-corrected chi connectivity index (χ4v) is 6.72. The van der Waals surface area contributed by atoms with Gasteiger partial charge in [0.05, 0.1) is 34.6 Å². The van der Waals surface area contributed by atoms with E-state index in [9.17, 15) is 14.5 Å². The number of rotatable bonds is 7. The number of hydrogen-bond acceptors (Lipinski definition) is 9. The summed E-state index contributed by atoms with van der Waals surface area (Å²) in [7, 11) is -3.14.